The molecule has 102 valence electrons. The number of hydrogen-bond acceptors (Lipinski definition) is 5. The number of nitrogens with two attached hydrogens (primary N) is 1. The summed E-state index contributed by atoms with van der Waals surface area (Å²) in [7, 11) is 0. The normalized spacial score (nSPS) is 13.6. The minimum atomic E-state index is -0.107. The van der Waals surface area contributed by atoms with E-state index in [-0.39, 0.29) is 5.41 Å². The van der Waals surface area contributed by atoms with Crippen LogP contribution in [0.4, 0.5) is 11.6 Å². The highest BCUT2D eigenvalue weighted by Crippen LogP contribution is 2.22. The van der Waals surface area contributed by atoms with E-state index in [1.807, 2.05) is 6.07 Å². The van der Waals surface area contributed by atoms with Gasteiger partial charge in [-0.3, -0.25) is 0 Å². The lowest BCUT2D eigenvalue weighted by Crippen LogP contribution is -2.25. The molecule has 0 amide bonds. The zero-order valence-electron chi connectivity index (χ0n) is 12.2. The molecule has 0 spiro atoms. The van der Waals surface area contributed by atoms with Crippen molar-refractivity contribution in [3.05, 3.63) is 11.9 Å². The molecular formula is C13H25N5. The molecule has 0 bridgehead atoms. The lowest BCUT2D eigenvalue weighted by Gasteiger charge is -2.22. The Bertz CT molecular complexity index is 395. The first-order chi connectivity index (χ1) is 8.24. The second-order valence-corrected chi connectivity index (χ2v) is 6.03. The van der Waals surface area contributed by atoms with Crippen LogP contribution < -0.4 is 16.6 Å². The second kappa shape index (κ2) is 5.52. The van der Waals surface area contributed by atoms with Gasteiger partial charge in [-0.2, -0.15) is 0 Å². The zero-order valence-corrected chi connectivity index (χ0v) is 12.2. The summed E-state index contributed by atoms with van der Waals surface area (Å²) in [4.78, 5) is 8.95. The van der Waals surface area contributed by atoms with Crippen LogP contribution in [-0.2, 0) is 5.41 Å². The number of rotatable bonds is 4. The molecule has 5 nitrogen and oxygen atoms in total. The van der Waals surface area contributed by atoms with E-state index in [1.54, 1.807) is 0 Å². The van der Waals surface area contributed by atoms with Gasteiger partial charge in [0.05, 0.1) is 0 Å². The number of nitrogens with one attached hydrogen (secondary N) is 2. The number of hydrogen-bond donors (Lipinski definition) is 3. The molecular weight excluding hydrogens is 226 g/mol. The van der Waals surface area contributed by atoms with E-state index in [0.717, 1.165) is 11.6 Å². The predicted octanol–water partition coefficient (Wildman–Crippen LogP) is 2.52. The van der Waals surface area contributed by atoms with Gasteiger partial charge in [-0.25, -0.2) is 15.8 Å². The van der Waals surface area contributed by atoms with E-state index in [2.05, 4.69) is 62.3 Å². The largest absolute Gasteiger partial charge is 0.367 e. The molecule has 5 heteroatoms. The Balaban J connectivity index is 3.05. The Morgan fingerprint density at radius 3 is 2.11 bits per heavy atom. The van der Waals surface area contributed by atoms with Gasteiger partial charge < -0.3 is 10.7 Å². The third-order valence-corrected chi connectivity index (χ3v) is 2.92. The topological polar surface area (TPSA) is 75.9 Å². The summed E-state index contributed by atoms with van der Waals surface area (Å²) in [5.74, 6) is 8.20. The second-order valence-electron chi connectivity index (χ2n) is 6.03. The van der Waals surface area contributed by atoms with Crippen molar-refractivity contribution in [3.63, 3.8) is 0 Å². The molecule has 1 heterocycles. The highest BCUT2D eigenvalue weighted by atomic mass is 15.3. The number of hydrazine groups is 1. The SMILES string of the molecule is CC(C)C(C)Nc1cc(NN)nc(C(C)(C)C)n1. The molecule has 0 aromatic carbocycles. The summed E-state index contributed by atoms with van der Waals surface area (Å²) < 4.78 is 0. The lowest BCUT2D eigenvalue weighted by molar-refractivity contribution is 0.539. The lowest BCUT2D eigenvalue weighted by atomic mass is 9.96. The Labute approximate surface area is 110 Å². The summed E-state index contributed by atoms with van der Waals surface area (Å²) in [6.07, 6.45) is 0. The first-order valence-electron chi connectivity index (χ1n) is 6.36. The van der Waals surface area contributed by atoms with Crippen LogP contribution in [0.3, 0.4) is 0 Å². The van der Waals surface area contributed by atoms with Gasteiger partial charge in [-0.05, 0) is 12.8 Å². The molecule has 0 saturated heterocycles. The number of nitrogen functional groups attached to an aromatic ring is 1. The maximum atomic E-state index is 5.45. The van der Waals surface area contributed by atoms with Crippen molar-refractivity contribution >= 4 is 11.6 Å². The van der Waals surface area contributed by atoms with E-state index >= 15 is 0 Å². The fourth-order valence-electron chi connectivity index (χ4n) is 1.33. The summed E-state index contributed by atoms with van der Waals surface area (Å²) in [6, 6.07) is 2.17. The van der Waals surface area contributed by atoms with Crippen molar-refractivity contribution in [2.24, 2.45) is 11.8 Å². The van der Waals surface area contributed by atoms with Crippen molar-refractivity contribution in [2.45, 2.75) is 53.0 Å². The van der Waals surface area contributed by atoms with Crippen molar-refractivity contribution in [3.8, 4) is 0 Å². The third-order valence-electron chi connectivity index (χ3n) is 2.92. The van der Waals surface area contributed by atoms with Gasteiger partial charge in [0.15, 0.2) is 0 Å². The van der Waals surface area contributed by atoms with Crippen LogP contribution in [0.1, 0.15) is 47.4 Å². The zero-order chi connectivity index (χ0) is 13.9. The molecule has 1 aromatic heterocycles. The standard InChI is InChI=1S/C13H25N5/c1-8(2)9(3)15-10-7-11(18-14)17-12(16-10)13(4,5)6/h7-9H,14H2,1-6H3,(H2,15,16,17,18). The molecule has 0 aliphatic heterocycles. The smallest absolute Gasteiger partial charge is 0.145 e. The van der Waals surface area contributed by atoms with Crippen LogP contribution in [0.15, 0.2) is 6.07 Å². The molecule has 18 heavy (non-hydrogen) atoms. The van der Waals surface area contributed by atoms with Crippen molar-refractivity contribution in [1.29, 1.82) is 0 Å². The van der Waals surface area contributed by atoms with E-state index in [1.165, 1.54) is 0 Å². The van der Waals surface area contributed by atoms with Crippen molar-refractivity contribution in [1.82, 2.24) is 9.97 Å². The maximum absolute atomic E-state index is 5.45. The van der Waals surface area contributed by atoms with Crippen LogP contribution >= 0.6 is 0 Å². The summed E-state index contributed by atoms with van der Waals surface area (Å²) >= 11 is 0. The molecule has 1 rings (SSSR count). The van der Waals surface area contributed by atoms with Gasteiger partial charge in [-0.15, -0.1) is 0 Å². The Morgan fingerprint density at radius 2 is 1.67 bits per heavy atom. The Kier molecular flexibility index (Phi) is 4.51. The van der Waals surface area contributed by atoms with Crippen molar-refractivity contribution in [2.75, 3.05) is 10.7 Å². The molecule has 1 aromatic rings. The Hall–Kier alpha value is -1.36. The molecule has 0 radical (unpaired) electrons. The van der Waals surface area contributed by atoms with Crippen molar-refractivity contribution < 1.29 is 0 Å². The van der Waals surface area contributed by atoms with E-state index in [0.29, 0.717) is 17.8 Å². The van der Waals surface area contributed by atoms with Gasteiger partial charge in [0.2, 0.25) is 0 Å². The maximum Gasteiger partial charge on any atom is 0.145 e. The number of anilines is 2. The minimum absolute atomic E-state index is 0.107. The molecule has 1 unspecified atom stereocenters. The highest BCUT2D eigenvalue weighted by molar-refractivity contribution is 5.48. The fourth-order valence-corrected chi connectivity index (χ4v) is 1.33. The van der Waals surface area contributed by atoms with E-state index in [4.69, 9.17) is 5.84 Å². The van der Waals surface area contributed by atoms with Gasteiger partial charge in [0, 0.05) is 17.5 Å². The first kappa shape index (κ1) is 14.7. The van der Waals surface area contributed by atoms with Crippen LogP contribution in [0.25, 0.3) is 0 Å². The van der Waals surface area contributed by atoms with E-state index in [9.17, 15) is 0 Å². The molecule has 1 atom stereocenters. The van der Waals surface area contributed by atoms with Gasteiger partial charge in [-0.1, -0.05) is 34.6 Å². The fraction of sp³-hybridized carbons (Fsp3) is 0.692. The Morgan fingerprint density at radius 1 is 1.11 bits per heavy atom. The van der Waals surface area contributed by atoms with Gasteiger partial charge >= 0.3 is 0 Å². The summed E-state index contributed by atoms with van der Waals surface area (Å²) in [5.41, 5.74) is 2.48. The molecule has 0 fully saturated rings. The van der Waals surface area contributed by atoms with Crippen LogP contribution in [0, 0.1) is 5.92 Å². The van der Waals surface area contributed by atoms with E-state index < -0.39 is 0 Å². The monoisotopic (exact) mass is 251 g/mol. The number of nitrogens with zero attached hydrogens (tertiary/aromatic N) is 2. The summed E-state index contributed by atoms with van der Waals surface area (Å²) in [5, 5.41) is 3.38. The van der Waals surface area contributed by atoms with Gasteiger partial charge in [0.1, 0.15) is 17.5 Å². The first-order valence-corrected chi connectivity index (χ1v) is 6.36. The van der Waals surface area contributed by atoms with Gasteiger partial charge in [0.25, 0.3) is 0 Å². The average molecular weight is 251 g/mol. The third kappa shape index (κ3) is 3.84. The molecule has 4 N–H and O–H groups in total. The highest BCUT2D eigenvalue weighted by Gasteiger charge is 2.19. The minimum Gasteiger partial charge on any atom is -0.367 e. The average Bonchev–Trinajstić information content (AvgIpc) is 2.27. The number of aromatic nitrogens is 2. The quantitative estimate of drug-likeness (QED) is 0.566. The predicted molar refractivity (Wildman–Crippen MR) is 76.5 cm³/mol. The van der Waals surface area contributed by atoms with Crippen LogP contribution in [-0.4, -0.2) is 16.0 Å². The molecule has 0 aliphatic carbocycles. The summed E-state index contributed by atoms with van der Waals surface area (Å²) in [6.45, 7) is 12.7. The van der Waals surface area contributed by atoms with Crippen LogP contribution in [0.2, 0.25) is 0 Å². The molecule has 0 aliphatic rings. The van der Waals surface area contributed by atoms with Crippen LogP contribution in [0.5, 0.6) is 0 Å². The molecule has 0 saturated carbocycles.